The maximum absolute atomic E-state index is 12.8. The molecular formula is C12H7F3N6O. The second-order valence-electron chi connectivity index (χ2n) is 4.39. The van der Waals surface area contributed by atoms with Crippen LogP contribution in [0.4, 0.5) is 19.0 Å². The molecule has 0 saturated heterocycles. The second-order valence-corrected chi connectivity index (χ2v) is 4.39. The molecular weight excluding hydrogens is 301 g/mol. The van der Waals surface area contributed by atoms with Gasteiger partial charge in [0.15, 0.2) is 11.4 Å². The lowest BCUT2D eigenvalue weighted by atomic mass is 10.3. The third-order valence-electron chi connectivity index (χ3n) is 2.84. The Morgan fingerprint density at radius 2 is 2.05 bits per heavy atom. The Morgan fingerprint density at radius 1 is 1.32 bits per heavy atom. The van der Waals surface area contributed by atoms with Gasteiger partial charge in [-0.15, -0.1) is 5.10 Å². The lowest BCUT2D eigenvalue weighted by molar-refractivity contribution is -0.144. The van der Waals surface area contributed by atoms with E-state index in [9.17, 15) is 13.2 Å². The van der Waals surface area contributed by atoms with Crippen molar-refractivity contribution < 1.29 is 17.6 Å². The predicted octanol–water partition coefficient (Wildman–Crippen LogP) is 2.17. The molecule has 3 aromatic rings. The summed E-state index contributed by atoms with van der Waals surface area (Å²) in [7, 11) is 0. The van der Waals surface area contributed by atoms with Gasteiger partial charge in [0.2, 0.25) is 5.82 Å². The predicted molar refractivity (Wildman–Crippen MR) is 67.4 cm³/mol. The number of anilines is 1. The summed E-state index contributed by atoms with van der Waals surface area (Å²) < 4.78 is 44.5. The highest BCUT2D eigenvalue weighted by Crippen LogP contribution is 2.30. The van der Waals surface area contributed by atoms with Gasteiger partial charge in [0.25, 0.3) is 5.82 Å². The molecule has 0 saturated carbocycles. The van der Waals surface area contributed by atoms with Gasteiger partial charge in [-0.3, -0.25) is 0 Å². The second kappa shape index (κ2) is 4.45. The van der Waals surface area contributed by atoms with Crippen molar-refractivity contribution in [2.45, 2.75) is 13.1 Å². The van der Waals surface area contributed by atoms with E-state index < -0.39 is 12.0 Å². The van der Waals surface area contributed by atoms with E-state index in [4.69, 9.17) is 15.4 Å². The highest BCUT2D eigenvalue weighted by molar-refractivity contribution is 5.69. The first kappa shape index (κ1) is 13.9. The highest BCUT2D eigenvalue weighted by atomic mass is 19.4. The number of halogens is 3. The number of nitrogen functional groups attached to an aromatic ring is 1. The Hall–Kier alpha value is -3.09. The minimum Gasteiger partial charge on any atom is -0.458 e. The molecule has 2 N–H and O–H groups in total. The van der Waals surface area contributed by atoms with Crippen LogP contribution < -0.4 is 5.73 Å². The largest absolute Gasteiger partial charge is 0.458 e. The van der Waals surface area contributed by atoms with Crippen LogP contribution in [-0.4, -0.2) is 19.6 Å². The van der Waals surface area contributed by atoms with E-state index in [0.29, 0.717) is 5.76 Å². The van der Waals surface area contributed by atoms with Gasteiger partial charge in [-0.1, -0.05) is 0 Å². The van der Waals surface area contributed by atoms with E-state index in [1.165, 1.54) is 6.07 Å². The number of furan rings is 1. The molecule has 0 unspecified atom stereocenters. The molecule has 0 fully saturated rings. The van der Waals surface area contributed by atoms with Gasteiger partial charge in [0.1, 0.15) is 23.2 Å². The fraction of sp³-hybridized carbons (Fsp3) is 0.167. The summed E-state index contributed by atoms with van der Waals surface area (Å²) in [6, 6.07) is 4.80. The summed E-state index contributed by atoms with van der Waals surface area (Å²) in [4.78, 5) is 7.26. The van der Waals surface area contributed by atoms with E-state index in [0.717, 1.165) is 4.52 Å². The molecule has 0 spiro atoms. The minimum atomic E-state index is -4.76. The van der Waals surface area contributed by atoms with E-state index in [1.807, 2.05) is 0 Å². The topological polar surface area (TPSA) is 106 Å². The molecule has 0 aliphatic carbocycles. The van der Waals surface area contributed by atoms with Crippen LogP contribution in [0.3, 0.4) is 0 Å². The Labute approximate surface area is 120 Å². The van der Waals surface area contributed by atoms with E-state index >= 15 is 0 Å². The van der Waals surface area contributed by atoms with Crippen LogP contribution in [0.1, 0.15) is 17.1 Å². The summed E-state index contributed by atoms with van der Waals surface area (Å²) in [6.45, 7) is 1.66. The van der Waals surface area contributed by atoms with Crippen molar-refractivity contribution >= 4 is 11.5 Å². The van der Waals surface area contributed by atoms with Gasteiger partial charge in [-0.2, -0.15) is 22.9 Å². The Balaban J connectivity index is 2.39. The zero-order chi connectivity index (χ0) is 16.1. The lowest BCUT2D eigenvalue weighted by Gasteiger charge is -2.03. The van der Waals surface area contributed by atoms with Crippen molar-refractivity contribution in [3.8, 4) is 17.7 Å². The number of fused-ring (bicyclic) bond motifs is 1. The maximum atomic E-state index is 12.8. The maximum Gasteiger partial charge on any atom is 0.453 e. The van der Waals surface area contributed by atoms with Crippen LogP contribution in [0.2, 0.25) is 0 Å². The smallest absolute Gasteiger partial charge is 0.453 e. The molecule has 10 heteroatoms. The third-order valence-corrected chi connectivity index (χ3v) is 2.84. The first-order valence-electron chi connectivity index (χ1n) is 5.91. The van der Waals surface area contributed by atoms with E-state index in [2.05, 4.69) is 15.1 Å². The third kappa shape index (κ3) is 2.03. The zero-order valence-corrected chi connectivity index (χ0v) is 11.0. The molecule has 112 valence electrons. The number of aromatic nitrogens is 4. The van der Waals surface area contributed by atoms with Crippen LogP contribution in [0.5, 0.6) is 0 Å². The molecule has 7 nitrogen and oxygen atoms in total. The molecule has 0 aliphatic heterocycles. The standard InChI is InChI=1S/C12H7F3N6O/c1-5-2-3-7(22-5)10-18-8(17)6(4-16)9-19-11(12(13,14)15)20-21(9)10/h2-3H,17H2,1H3. The first-order chi connectivity index (χ1) is 10.3. The van der Waals surface area contributed by atoms with Crippen molar-refractivity contribution in [2.24, 2.45) is 0 Å². The van der Waals surface area contributed by atoms with Crippen molar-refractivity contribution in [3.05, 3.63) is 29.3 Å². The van der Waals surface area contributed by atoms with Crippen LogP contribution in [0.25, 0.3) is 17.2 Å². The van der Waals surface area contributed by atoms with Gasteiger partial charge in [-0.05, 0) is 19.1 Å². The number of nitriles is 1. The van der Waals surface area contributed by atoms with Gasteiger partial charge >= 0.3 is 6.18 Å². The quantitative estimate of drug-likeness (QED) is 0.738. The molecule has 0 aromatic carbocycles. The van der Waals surface area contributed by atoms with Gasteiger partial charge in [-0.25, -0.2) is 9.97 Å². The number of rotatable bonds is 1. The van der Waals surface area contributed by atoms with Gasteiger partial charge in [0, 0.05) is 0 Å². The van der Waals surface area contributed by atoms with Gasteiger partial charge < -0.3 is 10.2 Å². The van der Waals surface area contributed by atoms with E-state index in [1.54, 1.807) is 19.1 Å². The average Bonchev–Trinajstić information content (AvgIpc) is 3.03. The molecule has 0 radical (unpaired) electrons. The summed E-state index contributed by atoms with van der Waals surface area (Å²) >= 11 is 0. The summed E-state index contributed by atoms with van der Waals surface area (Å²) in [5.74, 6) is -1.01. The average molecular weight is 308 g/mol. The van der Waals surface area contributed by atoms with Crippen LogP contribution in [0, 0.1) is 18.3 Å². The lowest BCUT2D eigenvalue weighted by Crippen LogP contribution is -2.08. The molecule has 22 heavy (non-hydrogen) atoms. The minimum absolute atomic E-state index is 0.0670. The summed E-state index contributed by atoms with van der Waals surface area (Å²) in [6.07, 6.45) is -4.76. The van der Waals surface area contributed by atoms with Crippen LogP contribution in [-0.2, 0) is 6.18 Å². The first-order valence-corrected chi connectivity index (χ1v) is 5.91. The Bertz CT molecular complexity index is 917. The fourth-order valence-corrected chi connectivity index (χ4v) is 1.90. The van der Waals surface area contributed by atoms with Crippen molar-refractivity contribution in [3.63, 3.8) is 0 Å². The van der Waals surface area contributed by atoms with Crippen molar-refractivity contribution in [2.75, 3.05) is 5.73 Å². The molecule has 0 amide bonds. The number of hydrogen-bond acceptors (Lipinski definition) is 6. The van der Waals surface area contributed by atoms with Crippen LogP contribution >= 0.6 is 0 Å². The van der Waals surface area contributed by atoms with Gasteiger partial charge in [0.05, 0.1) is 0 Å². The summed E-state index contributed by atoms with van der Waals surface area (Å²) in [5.41, 5.74) is 5.01. The monoisotopic (exact) mass is 308 g/mol. The highest BCUT2D eigenvalue weighted by Gasteiger charge is 2.37. The molecule has 3 rings (SSSR count). The molecule has 3 aromatic heterocycles. The van der Waals surface area contributed by atoms with Crippen molar-refractivity contribution in [1.29, 1.82) is 5.26 Å². The zero-order valence-electron chi connectivity index (χ0n) is 11.0. The SMILES string of the molecule is Cc1ccc(-c2nc(N)c(C#N)c3nc(C(F)(F)F)nn23)o1. The summed E-state index contributed by atoms with van der Waals surface area (Å²) in [5, 5.41) is 12.4. The molecule has 0 bridgehead atoms. The number of alkyl halides is 3. The fourth-order valence-electron chi connectivity index (χ4n) is 1.90. The number of nitrogens with zero attached hydrogens (tertiary/aromatic N) is 5. The van der Waals surface area contributed by atoms with Crippen LogP contribution in [0.15, 0.2) is 16.5 Å². The Kier molecular flexibility index (Phi) is 2.81. The Morgan fingerprint density at radius 3 is 2.59 bits per heavy atom. The van der Waals surface area contributed by atoms with E-state index in [-0.39, 0.29) is 28.6 Å². The molecule has 0 aliphatic rings. The normalized spacial score (nSPS) is 11.8. The molecule has 0 atom stereocenters. The molecule has 3 heterocycles. The number of hydrogen-bond donors (Lipinski definition) is 1. The number of nitrogens with two attached hydrogens (primary N) is 1. The number of aryl methyl sites for hydroxylation is 1. The van der Waals surface area contributed by atoms with Crippen molar-refractivity contribution in [1.82, 2.24) is 19.6 Å².